The quantitative estimate of drug-likeness (QED) is 0.787. The van der Waals surface area contributed by atoms with E-state index in [0.29, 0.717) is 11.3 Å². The predicted octanol–water partition coefficient (Wildman–Crippen LogP) is 1.16. The number of carboxylic acids is 1. The minimum Gasteiger partial charge on any atom is -0.480 e. The molecule has 0 aromatic heterocycles. The molecular formula is C12H10N2O3. The van der Waals surface area contributed by atoms with Crippen LogP contribution in [0, 0.1) is 11.3 Å². The van der Waals surface area contributed by atoms with Crippen LogP contribution in [0.4, 0.5) is 5.69 Å². The van der Waals surface area contributed by atoms with Crippen molar-refractivity contribution in [1.29, 1.82) is 5.26 Å². The third-order valence-electron chi connectivity index (χ3n) is 2.04. The van der Waals surface area contributed by atoms with E-state index in [1.165, 1.54) is 24.3 Å². The van der Waals surface area contributed by atoms with Gasteiger partial charge in [0, 0.05) is 5.69 Å². The van der Waals surface area contributed by atoms with E-state index in [0.717, 1.165) is 11.0 Å². The van der Waals surface area contributed by atoms with Gasteiger partial charge in [-0.05, 0) is 30.3 Å². The summed E-state index contributed by atoms with van der Waals surface area (Å²) in [4.78, 5) is 23.2. The molecule has 1 rings (SSSR count). The summed E-state index contributed by atoms with van der Waals surface area (Å²) in [6.07, 6.45) is 1.04. The van der Waals surface area contributed by atoms with Gasteiger partial charge in [-0.15, -0.1) is 0 Å². The SMILES string of the molecule is C=CC(=O)N(CC(=O)O)c1ccc(C#N)cc1. The zero-order chi connectivity index (χ0) is 12.8. The van der Waals surface area contributed by atoms with Gasteiger partial charge in [-0.25, -0.2) is 0 Å². The number of aliphatic carboxylic acids is 1. The highest BCUT2D eigenvalue weighted by Crippen LogP contribution is 2.15. The van der Waals surface area contributed by atoms with Crippen molar-refractivity contribution >= 4 is 17.6 Å². The number of amides is 1. The molecule has 17 heavy (non-hydrogen) atoms. The lowest BCUT2D eigenvalue weighted by Crippen LogP contribution is -2.34. The Labute approximate surface area is 98.2 Å². The van der Waals surface area contributed by atoms with Crippen LogP contribution in [-0.2, 0) is 9.59 Å². The molecule has 1 aromatic carbocycles. The van der Waals surface area contributed by atoms with Gasteiger partial charge in [-0.3, -0.25) is 14.5 Å². The van der Waals surface area contributed by atoms with Gasteiger partial charge in [0.25, 0.3) is 5.91 Å². The van der Waals surface area contributed by atoms with Crippen molar-refractivity contribution in [1.82, 2.24) is 0 Å². The first-order chi connectivity index (χ1) is 8.08. The maximum atomic E-state index is 11.5. The second kappa shape index (κ2) is 5.47. The number of hydrogen-bond donors (Lipinski definition) is 1. The summed E-state index contributed by atoms with van der Waals surface area (Å²) in [6.45, 7) is 2.86. The lowest BCUT2D eigenvalue weighted by molar-refractivity contribution is -0.136. The van der Waals surface area contributed by atoms with E-state index >= 15 is 0 Å². The van der Waals surface area contributed by atoms with Crippen LogP contribution < -0.4 is 4.90 Å². The molecule has 0 atom stereocenters. The van der Waals surface area contributed by atoms with Crippen molar-refractivity contribution in [2.45, 2.75) is 0 Å². The smallest absolute Gasteiger partial charge is 0.323 e. The second-order valence-corrected chi connectivity index (χ2v) is 3.18. The number of anilines is 1. The zero-order valence-electron chi connectivity index (χ0n) is 8.96. The largest absolute Gasteiger partial charge is 0.480 e. The maximum Gasteiger partial charge on any atom is 0.323 e. The molecule has 0 radical (unpaired) electrons. The third-order valence-corrected chi connectivity index (χ3v) is 2.04. The lowest BCUT2D eigenvalue weighted by atomic mass is 10.2. The number of carbonyl (C=O) groups is 2. The van der Waals surface area contributed by atoms with Crippen LogP contribution >= 0.6 is 0 Å². The summed E-state index contributed by atoms with van der Waals surface area (Å²) in [5, 5.41) is 17.3. The maximum absolute atomic E-state index is 11.5. The Hall–Kier alpha value is -2.61. The molecule has 0 saturated carbocycles. The fourth-order valence-corrected chi connectivity index (χ4v) is 1.26. The molecule has 0 aliphatic rings. The molecule has 0 bridgehead atoms. The van der Waals surface area contributed by atoms with E-state index in [-0.39, 0.29) is 0 Å². The van der Waals surface area contributed by atoms with E-state index in [1.807, 2.05) is 6.07 Å². The van der Waals surface area contributed by atoms with Gasteiger partial charge in [0.05, 0.1) is 11.6 Å². The fraction of sp³-hybridized carbons (Fsp3) is 0.0833. The van der Waals surface area contributed by atoms with E-state index in [2.05, 4.69) is 6.58 Å². The number of hydrogen-bond acceptors (Lipinski definition) is 3. The molecule has 5 heteroatoms. The van der Waals surface area contributed by atoms with Gasteiger partial charge in [-0.2, -0.15) is 5.26 Å². The second-order valence-electron chi connectivity index (χ2n) is 3.18. The Morgan fingerprint density at radius 3 is 2.41 bits per heavy atom. The standard InChI is InChI=1S/C12H10N2O3/c1-2-11(15)14(8-12(16)17)10-5-3-9(7-13)4-6-10/h2-6H,1,8H2,(H,16,17). The van der Waals surface area contributed by atoms with E-state index < -0.39 is 18.4 Å². The average molecular weight is 230 g/mol. The molecule has 1 amide bonds. The average Bonchev–Trinajstić information content (AvgIpc) is 2.35. The van der Waals surface area contributed by atoms with Gasteiger partial charge in [0.15, 0.2) is 0 Å². The Balaban J connectivity index is 3.04. The zero-order valence-corrected chi connectivity index (χ0v) is 8.96. The van der Waals surface area contributed by atoms with E-state index in [9.17, 15) is 9.59 Å². The monoisotopic (exact) mass is 230 g/mol. The van der Waals surface area contributed by atoms with Crippen LogP contribution in [0.1, 0.15) is 5.56 Å². The Bertz CT molecular complexity index is 485. The van der Waals surface area contributed by atoms with Crippen LogP contribution in [-0.4, -0.2) is 23.5 Å². The van der Waals surface area contributed by atoms with Crippen LogP contribution in [0.5, 0.6) is 0 Å². The molecule has 1 N–H and O–H groups in total. The summed E-state index contributed by atoms with van der Waals surface area (Å²) in [5.41, 5.74) is 0.853. The van der Waals surface area contributed by atoms with Crippen LogP contribution in [0.2, 0.25) is 0 Å². The Morgan fingerprint density at radius 1 is 1.41 bits per heavy atom. The van der Waals surface area contributed by atoms with Gasteiger partial charge < -0.3 is 5.11 Å². The summed E-state index contributed by atoms with van der Waals surface area (Å²) in [5.74, 6) is -1.62. The van der Waals surface area contributed by atoms with Crippen molar-refractivity contribution in [3.05, 3.63) is 42.5 Å². The lowest BCUT2D eigenvalue weighted by Gasteiger charge is -2.18. The Kier molecular flexibility index (Phi) is 4.01. The summed E-state index contributed by atoms with van der Waals surface area (Å²) in [6, 6.07) is 8.00. The molecule has 0 saturated heterocycles. The molecule has 0 unspecified atom stereocenters. The molecule has 0 spiro atoms. The van der Waals surface area contributed by atoms with Gasteiger partial charge in [0.1, 0.15) is 6.54 Å². The minimum atomic E-state index is -1.12. The van der Waals surface area contributed by atoms with Crippen molar-refractivity contribution in [2.24, 2.45) is 0 Å². The fourth-order valence-electron chi connectivity index (χ4n) is 1.26. The number of benzene rings is 1. The molecule has 86 valence electrons. The predicted molar refractivity (Wildman–Crippen MR) is 61.3 cm³/mol. The molecule has 1 aromatic rings. The van der Waals surface area contributed by atoms with Crippen LogP contribution in [0.25, 0.3) is 0 Å². The van der Waals surface area contributed by atoms with E-state index in [4.69, 9.17) is 10.4 Å². The molecule has 0 fully saturated rings. The summed E-state index contributed by atoms with van der Waals surface area (Å²) >= 11 is 0. The number of nitrogens with zero attached hydrogens (tertiary/aromatic N) is 2. The molecule has 0 heterocycles. The van der Waals surface area contributed by atoms with Crippen molar-refractivity contribution in [3.63, 3.8) is 0 Å². The molecule has 0 aliphatic heterocycles. The van der Waals surface area contributed by atoms with Crippen LogP contribution in [0.15, 0.2) is 36.9 Å². The summed E-state index contributed by atoms with van der Waals surface area (Å²) < 4.78 is 0. The number of nitriles is 1. The molecule has 5 nitrogen and oxygen atoms in total. The summed E-state index contributed by atoms with van der Waals surface area (Å²) in [7, 11) is 0. The van der Waals surface area contributed by atoms with Crippen LogP contribution in [0.3, 0.4) is 0 Å². The van der Waals surface area contributed by atoms with Crippen molar-refractivity contribution in [3.8, 4) is 6.07 Å². The highest BCUT2D eigenvalue weighted by Gasteiger charge is 2.15. The minimum absolute atomic E-state index is 0.413. The van der Waals surface area contributed by atoms with Crippen molar-refractivity contribution in [2.75, 3.05) is 11.4 Å². The topological polar surface area (TPSA) is 81.4 Å². The number of carboxylic acid groups (broad SMARTS) is 1. The number of carbonyl (C=O) groups excluding carboxylic acids is 1. The highest BCUT2D eigenvalue weighted by atomic mass is 16.4. The molecular weight excluding hydrogens is 220 g/mol. The van der Waals surface area contributed by atoms with Gasteiger partial charge >= 0.3 is 5.97 Å². The third kappa shape index (κ3) is 3.18. The van der Waals surface area contributed by atoms with E-state index in [1.54, 1.807) is 0 Å². The first-order valence-electron chi connectivity index (χ1n) is 4.74. The van der Waals surface area contributed by atoms with Gasteiger partial charge in [0.2, 0.25) is 0 Å². The van der Waals surface area contributed by atoms with Gasteiger partial charge in [-0.1, -0.05) is 6.58 Å². The first-order valence-corrected chi connectivity index (χ1v) is 4.74. The Morgan fingerprint density at radius 2 is 2.00 bits per heavy atom. The first kappa shape index (κ1) is 12.5. The highest BCUT2D eigenvalue weighted by molar-refractivity contribution is 6.03. The van der Waals surface area contributed by atoms with Crippen molar-refractivity contribution < 1.29 is 14.7 Å². The molecule has 0 aliphatic carbocycles. The normalized spacial score (nSPS) is 9.12. The number of rotatable bonds is 4.